The number of halogens is 3. The molecule has 0 saturated carbocycles. The predicted octanol–water partition coefficient (Wildman–Crippen LogP) is 4.97. The molecule has 0 aliphatic heterocycles. The highest BCUT2D eigenvalue weighted by atomic mass is 79.9. The van der Waals surface area contributed by atoms with E-state index in [2.05, 4.69) is 15.9 Å². The summed E-state index contributed by atoms with van der Waals surface area (Å²) in [6, 6.07) is 0.982. The van der Waals surface area contributed by atoms with E-state index in [9.17, 15) is 8.78 Å². The maximum atomic E-state index is 13.5. The zero-order chi connectivity index (χ0) is 11.7. The zero-order valence-electron chi connectivity index (χ0n) is 9.37. The summed E-state index contributed by atoms with van der Waals surface area (Å²) in [6.07, 6.45) is 0. The van der Waals surface area contributed by atoms with Gasteiger partial charge in [-0.25, -0.2) is 8.78 Å². The van der Waals surface area contributed by atoms with Gasteiger partial charge in [0.15, 0.2) is 0 Å². The molecule has 0 nitrogen and oxygen atoms in total. The van der Waals surface area contributed by atoms with Crippen LogP contribution in [0.3, 0.4) is 0 Å². The molecule has 0 unspecified atom stereocenters. The summed E-state index contributed by atoms with van der Waals surface area (Å²) in [5, 5.41) is 0. The van der Waals surface area contributed by atoms with Crippen molar-refractivity contribution in [3.05, 3.63) is 33.3 Å². The maximum absolute atomic E-state index is 13.5. The molecular weight excluding hydrogens is 262 g/mol. The summed E-state index contributed by atoms with van der Waals surface area (Å²) in [7, 11) is 0. The van der Waals surface area contributed by atoms with E-state index in [4.69, 9.17) is 0 Å². The van der Waals surface area contributed by atoms with Gasteiger partial charge in [0.05, 0.1) is 0 Å². The van der Waals surface area contributed by atoms with E-state index in [0.717, 1.165) is 6.07 Å². The van der Waals surface area contributed by atoms with Crippen LogP contribution in [0.4, 0.5) is 8.78 Å². The maximum Gasteiger partial charge on any atom is 0.130 e. The minimum Gasteiger partial charge on any atom is -0.207 e. The van der Waals surface area contributed by atoms with Gasteiger partial charge in [0.2, 0.25) is 0 Å². The number of hydrogen-bond donors (Lipinski definition) is 0. The summed E-state index contributed by atoms with van der Waals surface area (Å²) in [5.74, 6) is -0.868. The average Bonchev–Trinajstić information content (AvgIpc) is 1.99. The highest BCUT2D eigenvalue weighted by molar-refractivity contribution is 9.10. The lowest BCUT2D eigenvalue weighted by atomic mass is 9.95. The van der Waals surface area contributed by atoms with Gasteiger partial charge >= 0.3 is 0 Å². The second kappa shape index (κ2) is 4.60. The molecule has 3 heteroatoms. The Hall–Kier alpha value is -0.440. The van der Waals surface area contributed by atoms with Gasteiger partial charge in [-0.15, -0.1) is 0 Å². The summed E-state index contributed by atoms with van der Waals surface area (Å²) in [5.41, 5.74) is 1.11. The zero-order valence-corrected chi connectivity index (χ0v) is 11.0. The molecule has 0 bridgehead atoms. The molecule has 0 spiro atoms. The van der Waals surface area contributed by atoms with E-state index < -0.39 is 11.6 Å². The van der Waals surface area contributed by atoms with E-state index >= 15 is 0 Å². The van der Waals surface area contributed by atoms with Crippen molar-refractivity contribution in [2.45, 2.75) is 39.5 Å². The molecule has 0 saturated heterocycles. The van der Waals surface area contributed by atoms with E-state index in [-0.39, 0.29) is 11.8 Å². The Balaban J connectivity index is 3.49. The first-order valence-electron chi connectivity index (χ1n) is 5.03. The van der Waals surface area contributed by atoms with Gasteiger partial charge in [-0.2, -0.15) is 0 Å². The molecule has 84 valence electrons. The SMILES string of the molecule is CC(C)c1c(F)cc(F)c(C(C)C)c1Br. The van der Waals surface area contributed by atoms with Crippen molar-refractivity contribution in [2.24, 2.45) is 0 Å². The van der Waals surface area contributed by atoms with E-state index in [0.29, 0.717) is 15.6 Å². The Kier molecular flexibility index (Phi) is 3.87. The second-order valence-electron chi connectivity index (χ2n) is 4.29. The first-order valence-corrected chi connectivity index (χ1v) is 5.82. The minimum absolute atomic E-state index is 0.0393. The lowest BCUT2D eigenvalue weighted by Gasteiger charge is -2.17. The summed E-state index contributed by atoms with van der Waals surface area (Å²) in [4.78, 5) is 0. The van der Waals surface area contributed by atoms with E-state index in [1.807, 2.05) is 27.7 Å². The normalized spacial score (nSPS) is 11.5. The summed E-state index contributed by atoms with van der Waals surface area (Å²) in [6.45, 7) is 7.58. The van der Waals surface area contributed by atoms with Crippen LogP contribution < -0.4 is 0 Å². The van der Waals surface area contributed by atoms with Crippen LogP contribution in [0.15, 0.2) is 10.5 Å². The fourth-order valence-corrected chi connectivity index (χ4v) is 2.97. The van der Waals surface area contributed by atoms with E-state index in [1.165, 1.54) is 0 Å². The van der Waals surface area contributed by atoms with Crippen LogP contribution in [0.1, 0.15) is 50.7 Å². The Morgan fingerprint density at radius 3 is 1.53 bits per heavy atom. The Morgan fingerprint density at radius 1 is 0.933 bits per heavy atom. The summed E-state index contributed by atoms with van der Waals surface area (Å²) >= 11 is 3.30. The van der Waals surface area contributed by atoms with Crippen molar-refractivity contribution in [3.63, 3.8) is 0 Å². The Bertz CT molecular complexity index is 338. The van der Waals surface area contributed by atoms with Crippen LogP contribution in [-0.4, -0.2) is 0 Å². The van der Waals surface area contributed by atoms with Crippen LogP contribution in [0.2, 0.25) is 0 Å². The highest BCUT2D eigenvalue weighted by Gasteiger charge is 2.20. The minimum atomic E-state index is -0.473. The van der Waals surface area contributed by atoms with Gasteiger partial charge in [0.1, 0.15) is 11.6 Å². The number of rotatable bonds is 2. The molecule has 0 amide bonds. The molecule has 0 aliphatic rings. The highest BCUT2D eigenvalue weighted by Crippen LogP contribution is 2.35. The largest absolute Gasteiger partial charge is 0.207 e. The van der Waals surface area contributed by atoms with Gasteiger partial charge in [-0.1, -0.05) is 27.7 Å². The molecule has 0 heterocycles. The monoisotopic (exact) mass is 276 g/mol. The Morgan fingerprint density at radius 2 is 1.27 bits per heavy atom. The standard InChI is InChI=1S/C12H15BrF2/c1-6(2)10-8(14)5-9(15)11(7(3)4)12(10)13/h5-7H,1-4H3. The van der Waals surface area contributed by atoms with Crippen LogP contribution in [0.25, 0.3) is 0 Å². The smallest absolute Gasteiger partial charge is 0.130 e. The van der Waals surface area contributed by atoms with Gasteiger partial charge in [0, 0.05) is 21.7 Å². The molecule has 1 aromatic carbocycles. The topological polar surface area (TPSA) is 0 Å². The van der Waals surface area contributed by atoms with Crippen molar-refractivity contribution in [1.29, 1.82) is 0 Å². The second-order valence-corrected chi connectivity index (χ2v) is 5.08. The van der Waals surface area contributed by atoms with Crippen LogP contribution in [-0.2, 0) is 0 Å². The molecule has 1 aromatic rings. The Labute approximate surface area is 97.8 Å². The van der Waals surface area contributed by atoms with Crippen LogP contribution in [0, 0.1) is 11.6 Å². The third-order valence-electron chi connectivity index (χ3n) is 2.40. The quantitative estimate of drug-likeness (QED) is 0.715. The van der Waals surface area contributed by atoms with Crippen molar-refractivity contribution < 1.29 is 8.78 Å². The molecule has 0 N–H and O–H groups in total. The van der Waals surface area contributed by atoms with E-state index in [1.54, 1.807) is 0 Å². The van der Waals surface area contributed by atoms with Gasteiger partial charge in [0.25, 0.3) is 0 Å². The van der Waals surface area contributed by atoms with Crippen molar-refractivity contribution >= 4 is 15.9 Å². The third-order valence-corrected chi connectivity index (χ3v) is 3.25. The molecule has 0 radical (unpaired) electrons. The fraction of sp³-hybridized carbons (Fsp3) is 0.500. The molecule has 0 atom stereocenters. The molecule has 1 rings (SSSR count). The molecule has 15 heavy (non-hydrogen) atoms. The molecule has 0 aromatic heterocycles. The summed E-state index contributed by atoms with van der Waals surface area (Å²) < 4.78 is 27.6. The average molecular weight is 277 g/mol. The molecular formula is C12H15BrF2. The van der Waals surface area contributed by atoms with Crippen LogP contribution in [0.5, 0.6) is 0 Å². The van der Waals surface area contributed by atoms with Crippen molar-refractivity contribution in [3.8, 4) is 0 Å². The first kappa shape index (κ1) is 12.6. The first-order chi connectivity index (χ1) is 6.86. The predicted molar refractivity (Wildman–Crippen MR) is 62.2 cm³/mol. The molecule has 0 fully saturated rings. The third kappa shape index (κ3) is 2.39. The lowest BCUT2D eigenvalue weighted by Crippen LogP contribution is -2.03. The van der Waals surface area contributed by atoms with Crippen molar-refractivity contribution in [1.82, 2.24) is 0 Å². The van der Waals surface area contributed by atoms with Gasteiger partial charge in [-0.05, 0) is 27.8 Å². The van der Waals surface area contributed by atoms with Crippen molar-refractivity contribution in [2.75, 3.05) is 0 Å². The van der Waals surface area contributed by atoms with Crippen LogP contribution >= 0.6 is 15.9 Å². The van der Waals surface area contributed by atoms with Gasteiger partial charge in [-0.3, -0.25) is 0 Å². The van der Waals surface area contributed by atoms with Gasteiger partial charge < -0.3 is 0 Å². The number of hydrogen-bond acceptors (Lipinski definition) is 0. The number of benzene rings is 1. The lowest BCUT2D eigenvalue weighted by molar-refractivity contribution is 0.546. The molecule has 0 aliphatic carbocycles. The fourth-order valence-electron chi connectivity index (χ4n) is 1.68.